The fraction of sp³-hybridized carbons (Fsp3) is 0.231. The van der Waals surface area contributed by atoms with Gasteiger partial charge in [0.2, 0.25) is 0 Å². The van der Waals surface area contributed by atoms with Crippen LogP contribution < -0.4 is 0 Å². The van der Waals surface area contributed by atoms with Crippen molar-refractivity contribution in [2.45, 2.75) is 20.4 Å². The van der Waals surface area contributed by atoms with Crippen molar-refractivity contribution in [2.24, 2.45) is 0 Å². The molecule has 0 spiro atoms. The molecule has 0 unspecified atom stereocenters. The lowest BCUT2D eigenvalue weighted by Crippen LogP contribution is -2.09. The van der Waals surface area contributed by atoms with Crippen LogP contribution in [0.2, 0.25) is 0 Å². The average molecular weight is 214 g/mol. The quantitative estimate of drug-likeness (QED) is 0.735. The average Bonchev–Trinajstić information content (AvgIpc) is 2.62. The van der Waals surface area contributed by atoms with Crippen molar-refractivity contribution >= 4 is 5.78 Å². The number of rotatable bonds is 3. The second-order valence-electron chi connectivity index (χ2n) is 3.82. The first-order valence-electron chi connectivity index (χ1n) is 5.25. The zero-order valence-electron chi connectivity index (χ0n) is 9.47. The standard InChI is InChI=1S/C13H14N2O/c1-10(16)13-8-14-11(2)15(13)9-12-6-4-3-5-7-12/h3-8H,9H2,1-2H3. The number of aromatic nitrogens is 2. The molecule has 0 amide bonds. The fourth-order valence-electron chi connectivity index (χ4n) is 1.71. The fourth-order valence-corrected chi connectivity index (χ4v) is 1.71. The summed E-state index contributed by atoms with van der Waals surface area (Å²) in [5, 5.41) is 0. The van der Waals surface area contributed by atoms with Gasteiger partial charge in [-0.2, -0.15) is 0 Å². The van der Waals surface area contributed by atoms with Crippen LogP contribution in [-0.4, -0.2) is 15.3 Å². The molecule has 0 radical (unpaired) electrons. The maximum absolute atomic E-state index is 11.4. The van der Waals surface area contributed by atoms with E-state index in [2.05, 4.69) is 4.98 Å². The molecule has 1 aromatic heterocycles. The Kier molecular flexibility index (Phi) is 2.86. The summed E-state index contributed by atoms with van der Waals surface area (Å²) in [4.78, 5) is 15.6. The molecule has 16 heavy (non-hydrogen) atoms. The number of Topliss-reactive ketones (excluding diaryl/α,β-unsaturated/α-hetero) is 1. The Bertz CT molecular complexity index is 500. The topological polar surface area (TPSA) is 34.9 Å². The lowest BCUT2D eigenvalue weighted by atomic mass is 10.2. The van der Waals surface area contributed by atoms with Crippen molar-refractivity contribution in [1.82, 2.24) is 9.55 Å². The molecule has 0 aliphatic carbocycles. The van der Waals surface area contributed by atoms with E-state index < -0.39 is 0 Å². The first-order valence-corrected chi connectivity index (χ1v) is 5.25. The third-order valence-corrected chi connectivity index (χ3v) is 2.60. The highest BCUT2D eigenvalue weighted by atomic mass is 16.1. The molecule has 0 saturated heterocycles. The van der Waals surface area contributed by atoms with E-state index in [0.29, 0.717) is 12.2 Å². The van der Waals surface area contributed by atoms with Gasteiger partial charge in [-0.05, 0) is 12.5 Å². The SMILES string of the molecule is CC(=O)c1cnc(C)n1Cc1ccccc1. The van der Waals surface area contributed by atoms with E-state index in [1.807, 2.05) is 41.8 Å². The second-order valence-corrected chi connectivity index (χ2v) is 3.82. The highest BCUT2D eigenvalue weighted by molar-refractivity contribution is 5.92. The van der Waals surface area contributed by atoms with Crippen LogP contribution in [-0.2, 0) is 6.54 Å². The van der Waals surface area contributed by atoms with Gasteiger partial charge < -0.3 is 4.57 Å². The van der Waals surface area contributed by atoms with E-state index in [1.165, 1.54) is 5.56 Å². The molecule has 0 aliphatic heterocycles. The number of ketones is 1. The van der Waals surface area contributed by atoms with E-state index in [4.69, 9.17) is 0 Å². The van der Waals surface area contributed by atoms with Gasteiger partial charge in [0.1, 0.15) is 11.5 Å². The Hall–Kier alpha value is -1.90. The number of nitrogens with zero attached hydrogens (tertiary/aromatic N) is 2. The van der Waals surface area contributed by atoms with Crippen LogP contribution >= 0.6 is 0 Å². The van der Waals surface area contributed by atoms with Crippen LogP contribution in [0.5, 0.6) is 0 Å². The Morgan fingerprint density at radius 1 is 1.31 bits per heavy atom. The van der Waals surface area contributed by atoms with Crippen molar-refractivity contribution in [3.8, 4) is 0 Å². The van der Waals surface area contributed by atoms with Crippen molar-refractivity contribution in [3.63, 3.8) is 0 Å². The number of imidazole rings is 1. The summed E-state index contributed by atoms with van der Waals surface area (Å²) in [7, 11) is 0. The second kappa shape index (κ2) is 4.31. The molecule has 1 heterocycles. The van der Waals surface area contributed by atoms with E-state index >= 15 is 0 Å². The lowest BCUT2D eigenvalue weighted by Gasteiger charge is -2.08. The number of aryl methyl sites for hydroxylation is 1. The highest BCUT2D eigenvalue weighted by Crippen LogP contribution is 2.10. The van der Waals surface area contributed by atoms with E-state index in [0.717, 1.165) is 5.82 Å². The number of carbonyl (C=O) groups excluding carboxylic acids is 1. The summed E-state index contributed by atoms with van der Waals surface area (Å²) in [6.45, 7) is 4.18. The minimum Gasteiger partial charge on any atom is -0.321 e. The van der Waals surface area contributed by atoms with Gasteiger partial charge in [-0.3, -0.25) is 4.79 Å². The number of hydrogen-bond acceptors (Lipinski definition) is 2. The van der Waals surface area contributed by atoms with Crippen LogP contribution in [0.25, 0.3) is 0 Å². The third kappa shape index (κ3) is 2.03. The first-order chi connectivity index (χ1) is 7.68. The highest BCUT2D eigenvalue weighted by Gasteiger charge is 2.10. The molecule has 82 valence electrons. The van der Waals surface area contributed by atoms with Gasteiger partial charge >= 0.3 is 0 Å². The first kappa shape index (κ1) is 10.6. The molecule has 2 aromatic rings. The molecular weight excluding hydrogens is 200 g/mol. The number of carbonyl (C=O) groups is 1. The summed E-state index contributed by atoms with van der Waals surface area (Å²) >= 11 is 0. The largest absolute Gasteiger partial charge is 0.321 e. The maximum Gasteiger partial charge on any atom is 0.177 e. The van der Waals surface area contributed by atoms with Crippen molar-refractivity contribution in [3.05, 3.63) is 53.6 Å². The third-order valence-electron chi connectivity index (χ3n) is 2.60. The van der Waals surface area contributed by atoms with Crippen LogP contribution in [0.15, 0.2) is 36.5 Å². The van der Waals surface area contributed by atoms with Crippen molar-refractivity contribution in [2.75, 3.05) is 0 Å². The summed E-state index contributed by atoms with van der Waals surface area (Å²) in [5.41, 5.74) is 1.84. The minimum atomic E-state index is 0.0523. The smallest absolute Gasteiger partial charge is 0.177 e. The molecular formula is C13H14N2O. The number of hydrogen-bond donors (Lipinski definition) is 0. The molecule has 1 aromatic carbocycles. The predicted molar refractivity (Wildman–Crippen MR) is 62.5 cm³/mol. The van der Waals surface area contributed by atoms with Gasteiger partial charge in [-0.15, -0.1) is 0 Å². The van der Waals surface area contributed by atoms with E-state index in [1.54, 1.807) is 13.1 Å². The van der Waals surface area contributed by atoms with Crippen LogP contribution in [0.4, 0.5) is 0 Å². The van der Waals surface area contributed by atoms with Crippen LogP contribution in [0.3, 0.4) is 0 Å². The van der Waals surface area contributed by atoms with Gasteiger partial charge in [-0.1, -0.05) is 30.3 Å². The normalized spacial score (nSPS) is 10.4. The Morgan fingerprint density at radius 3 is 2.62 bits per heavy atom. The minimum absolute atomic E-state index is 0.0523. The zero-order valence-corrected chi connectivity index (χ0v) is 9.47. The summed E-state index contributed by atoms with van der Waals surface area (Å²) in [6, 6.07) is 10.1. The Morgan fingerprint density at radius 2 is 2.00 bits per heavy atom. The molecule has 0 N–H and O–H groups in total. The van der Waals surface area contributed by atoms with Gasteiger partial charge in [-0.25, -0.2) is 4.98 Å². The maximum atomic E-state index is 11.4. The van der Waals surface area contributed by atoms with E-state index in [-0.39, 0.29) is 5.78 Å². The summed E-state index contributed by atoms with van der Waals surface area (Å²) in [6.07, 6.45) is 1.64. The van der Waals surface area contributed by atoms with Crippen molar-refractivity contribution in [1.29, 1.82) is 0 Å². The van der Waals surface area contributed by atoms with Gasteiger partial charge in [0.25, 0.3) is 0 Å². The molecule has 3 nitrogen and oxygen atoms in total. The van der Waals surface area contributed by atoms with Crippen LogP contribution in [0, 0.1) is 6.92 Å². The Balaban J connectivity index is 2.34. The molecule has 3 heteroatoms. The zero-order chi connectivity index (χ0) is 11.5. The molecule has 0 bridgehead atoms. The van der Waals surface area contributed by atoms with E-state index in [9.17, 15) is 4.79 Å². The molecule has 2 rings (SSSR count). The summed E-state index contributed by atoms with van der Waals surface area (Å²) in [5.74, 6) is 0.922. The van der Waals surface area contributed by atoms with Gasteiger partial charge in [0.05, 0.1) is 6.20 Å². The summed E-state index contributed by atoms with van der Waals surface area (Å²) < 4.78 is 1.94. The Labute approximate surface area is 94.7 Å². The molecule has 0 saturated carbocycles. The van der Waals surface area contributed by atoms with Gasteiger partial charge in [0, 0.05) is 13.5 Å². The monoisotopic (exact) mass is 214 g/mol. The van der Waals surface area contributed by atoms with Crippen molar-refractivity contribution < 1.29 is 4.79 Å². The van der Waals surface area contributed by atoms with Gasteiger partial charge in [0.15, 0.2) is 5.78 Å². The molecule has 0 atom stereocenters. The predicted octanol–water partition coefficient (Wildman–Crippen LogP) is 2.44. The number of benzene rings is 1. The molecule has 0 fully saturated rings. The van der Waals surface area contributed by atoms with Crippen LogP contribution in [0.1, 0.15) is 28.8 Å². The lowest BCUT2D eigenvalue weighted by molar-refractivity contribution is 0.100. The molecule has 0 aliphatic rings.